The number of nitrogen functional groups attached to an aromatic ring is 1. The number of nitrogens with zero attached hydrogens (tertiary/aromatic N) is 4. The van der Waals surface area contributed by atoms with E-state index in [4.69, 9.17) is 20.3 Å². The summed E-state index contributed by atoms with van der Waals surface area (Å²) in [6.07, 6.45) is -1.33. The van der Waals surface area contributed by atoms with Gasteiger partial charge in [0.25, 0.3) is 0 Å². The number of alkyl halides is 3. The smallest absolute Gasteiger partial charge is 0.493 e. The number of hydrogen-bond donors (Lipinski definition) is 2. The van der Waals surface area contributed by atoms with Crippen LogP contribution in [0.2, 0.25) is 0 Å². The van der Waals surface area contributed by atoms with Gasteiger partial charge in [0.1, 0.15) is 17.3 Å². The van der Waals surface area contributed by atoms with Crippen LogP contribution in [-0.2, 0) is 28.8 Å². The Labute approximate surface area is 258 Å². The SMILES string of the molecule is Nc1nc2c(c(N3CCN(CCOC4CC(C(=O)O)C4)CC3)n1)CCc1cc(OCCc3ccc(OC(F)(F)F)cc3)ccc1-2. The minimum absolute atomic E-state index is 0.0598. The number of carboxylic acid groups (broad SMARTS) is 1. The van der Waals surface area contributed by atoms with E-state index >= 15 is 0 Å². The zero-order chi connectivity index (χ0) is 31.6. The maximum Gasteiger partial charge on any atom is 0.573 e. The summed E-state index contributed by atoms with van der Waals surface area (Å²) < 4.78 is 52.9. The number of ether oxygens (including phenoxy) is 3. The summed E-state index contributed by atoms with van der Waals surface area (Å²) in [7, 11) is 0. The molecule has 1 saturated carbocycles. The van der Waals surface area contributed by atoms with Crippen LogP contribution in [0.3, 0.4) is 0 Å². The fraction of sp³-hybridized carbons (Fsp3) is 0.469. The summed E-state index contributed by atoms with van der Waals surface area (Å²) in [5, 5.41) is 9.02. The van der Waals surface area contributed by atoms with Gasteiger partial charge in [-0.1, -0.05) is 12.1 Å². The molecule has 3 aliphatic rings. The summed E-state index contributed by atoms with van der Waals surface area (Å²) in [6.45, 7) is 5.14. The predicted octanol–water partition coefficient (Wildman–Crippen LogP) is 4.35. The number of aliphatic carboxylic acids is 1. The van der Waals surface area contributed by atoms with Gasteiger partial charge < -0.3 is 30.0 Å². The highest BCUT2D eigenvalue weighted by Gasteiger charge is 2.35. The van der Waals surface area contributed by atoms with E-state index in [2.05, 4.69) is 24.5 Å². The summed E-state index contributed by atoms with van der Waals surface area (Å²) in [5.74, 6) is 0.601. The molecule has 1 saturated heterocycles. The third kappa shape index (κ3) is 7.59. The van der Waals surface area contributed by atoms with Gasteiger partial charge in [-0.2, -0.15) is 4.98 Å². The molecule has 0 unspecified atom stereocenters. The molecular formula is C32H36F3N5O5. The normalized spacial score (nSPS) is 19.8. The van der Waals surface area contributed by atoms with Crippen molar-refractivity contribution in [1.82, 2.24) is 14.9 Å². The van der Waals surface area contributed by atoms with Gasteiger partial charge >= 0.3 is 12.3 Å². The van der Waals surface area contributed by atoms with Crippen LogP contribution in [0.4, 0.5) is 24.9 Å². The zero-order valence-electron chi connectivity index (χ0n) is 24.8. The van der Waals surface area contributed by atoms with Crippen molar-refractivity contribution in [3.63, 3.8) is 0 Å². The first kappa shape index (κ1) is 30.9. The molecule has 0 radical (unpaired) electrons. The molecular weight excluding hydrogens is 591 g/mol. The maximum atomic E-state index is 12.4. The van der Waals surface area contributed by atoms with Gasteiger partial charge in [-0.15, -0.1) is 13.2 Å². The molecule has 45 heavy (non-hydrogen) atoms. The van der Waals surface area contributed by atoms with Gasteiger partial charge in [-0.05, 0) is 67.1 Å². The summed E-state index contributed by atoms with van der Waals surface area (Å²) in [5.41, 5.74) is 11.1. The average Bonchev–Trinajstić information content (AvgIpc) is 2.98. The highest BCUT2D eigenvalue weighted by molar-refractivity contribution is 5.76. The highest BCUT2D eigenvalue weighted by atomic mass is 19.4. The van der Waals surface area contributed by atoms with E-state index in [0.717, 1.165) is 85.1 Å². The van der Waals surface area contributed by atoms with Crippen molar-refractivity contribution < 1.29 is 37.3 Å². The summed E-state index contributed by atoms with van der Waals surface area (Å²) >= 11 is 0. The Morgan fingerprint density at radius 3 is 2.42 bits per heavy atom. The molecule has 3 aromatic rings. The number of nitrogens with two attached hydrogens (primary N) is 1. The number of benzene rings is 2. The van der Waals surface area contributed by atoms with Crippen LogP contribution >= 0.6 is 0 Å². The Hall–Kier alpha value is -4.10. The van der Waals surface area contributed by atoms with E-state index in [1.54, 1.807) is 12.1 Å². The molecule has 0 amide bonds. The van der Waals surface area contributed by atoms with E-state index in [0.29, 0.717) is 32.5 Å². The zero-order valence-corrected chi connectivity index (χ0v) is 24.8. The Morgan fingerprint density at radius 1 is 0.978 bits per heavy atom. The van der Waals surface area contributed by atoms with Crippen molar-refractivity contribution in [2.45, 2.75) is 44.6 Å². The van der Waals surface area contributed by atoms with Crippen molar-refractivity contribution in [3.8, 4) is 22.8 Å². The molecule has 2 aliphatic carbocycles. The number of carbonyl (C=O) groups is 1. The monoisotopic (exact) mass is 627 g/mol. The Morgan fingerprint density at radius 2 is 1.71 bits per heavy atom. The fourth-order valence-corrected chi connectivity index (χ4v) is 6.14. The minimum atomic E-state index is -4.71. The molecule has 10 nitrogen and oxygen atoms in total. The van der Waals surface area contributed by atoms with Crippen molar-refractivity contribution >= 4 is 17.7 Å². The Bertz CT molecular complexity index is 1510. The number of hydrogen-bond acceptors (Lipinski definition) is 9. The van der Waals surface area contributed by atoms with Crippen LogP contribution in [0, 0.1) is 5.92 Å². The molecule has 6 rings (SSSR count). The van der Waals surface area contributed by atoms with Crippen molar-refractivity contribution in [2.24, 2.45) is 5.92 Å². The van der Waals surface area contributed by atoms with E-state index in [1.165, 1.54) is 12.1 Å². The van der Waals surface area contributed by atoms with Crippen LogP contribution in [0.25, 0.3) is 11.3 Å². The minimum Gasteiger partial charge on any atom is -0.493 e. The molecule has 240 valence electrons. The van der Waals surface area contributed by atoms with Crippen LogP contribution < -0.4 is 20.1 Å². The van der Waals surface area contributed by atoms with Crippen molar-refractivity contribution in [3.05, 3.63) is 59.2 Å². The fourth-order valence-electron chi connectivity index (χ4n) is 6.14. The number of rotatable bonds is 11. The van der Waals surface area contributed by atoms with Gasteiger partial charge in [0.15, 0.2) is 0 Å². The molecule has 2 fully saturated rings. The first-order valence-corrected chi connectivity index (χ1v) is 15.2. The van der Waals surface area contributed by atoms with Gasteiger partial charge in [-0.25, -0.2) is 4.98 Å². The average molecular weight is 628 g/mol. The topological polar surface area (TPSA) is 123 Å². The predicted molar refractivity (Wildman–Crippen MR) is 160 cm³/mol. The van der Waals surface area contributed by atoms with Crippen molar-refractivity contribution in [1.29, 1.82) is 0 Å². The van der Waals surface area contributed by atoms with Crippen LogP contribution in [0.1, 0.15) is 29.5 Å². The van der Waals surface area contributed by atoms with Gasteiger partial charge in [-0.3, -0.25) is 9.69 Å². The van der Waals surface area contributed by atoms with Crippen LogP contribution in [-0.4, -0.2) is 84.3 Å². The maximum absolute atomic E-state index is 12.4. The lowest BCUT2D eigenvalue weighted by atomic mass is 9.82. The third-order valence-electron chi connectivity index (χ3n) is 8.67. The number of carboxylic acids is 1. The van der Waals surface area contributed by atoms with E-state index in [-0.39, 0.29) is 23.7 Å². The molecule has 3 N–H and O–H groups in total. The number of aryl methyl sites for hydroxylation is 1. The lowest BCUT2D eigenvalue weighted by Gasteiger charge is -2.38. The second-order valence-corrected chi connectivity index (χ2v) is 11.7. The first-order chi connectivity index (χ1) is 21.6. The highest BCUT2D eigenvalue weighted by Crippen LogP contribution is 2.39. The molecule has 0 spiro atoms. The Balaban J connectivity index is 1.02. The number of anilines is 2. The van der Waals surface area contributed by atoms with Crippen LogP contribution in [0.5, 0.6) is 11.5 Å². The van der Waals surface area contributed by atoms with Gasteiger partial charge in [0, 0.05) is 50.3 Å². The molecule has 1 aromatic heterocycles. The largest absolute Gasteiger partial charge is 0.573 e. The molecule has 2 heterocycles. The molecule has 0 atom stereocenters. The molecule has 1 aliphatic heterocycles. The second-order valence-electron chi connectivity index (χ2n) is 11.7. The lowest BCUT2D eigenvalue weighted by molar-refractivity contribution is -0.274. The first-order valence-electron chi connectivity index (χ1n) is 15.2. The molecule has 13 heteroatoms. The molecule has 0 bridgehead atoms. The quantitative estimate of drug-likeness (QED) is 0.317. The van der Waals surface area contributed by atoms with Gasteiger partial charge in [0.2, 0.25) is 5.95 Å². The van der Waals surface area contributed by atoms with Crippen molar-refractivity contribution in [2.75, 3.05) is 56.6 Å². The lowest BCUT2D eigenvalue weighted by Crippen LogP contribution is -2.48. The second kappa shape index (κ2) is 13.1. The summed E-state index contributed by atoms with van der Waals surface area (Å²) in [4.78, 5) is 24.9. The third-order valence-corrected chi connectivity index (χ3v) is 8.67. The Kier molecular flexibility index (Phi) is 8.99. The van der Waals surface area contributed by atoms with E-state index in [1.807, 2.05) is 18.2 Å². The number of halogens is 3. The van der Waals surface area contributed by atoms with E-state index < -0.39 is 12.3 Å². The number of piperazine rings is 1. The van der Waals surface area contributed by atoms with Crippen LogP contribution in [0.15, 0.2) is 42.5 Å². The summed E-state index contributed by atoms with van der Waals surface area (Å²) in [6, 6.07) is 11.7. The van der Waals surface area contributed by atoms with E-state index in [9.17, 15) is 18.0 Å². The standard InChI is InChI=1S/C32H36F3N5O5/c33-32(34,35)45-23-4-1-20(2-5-23)9-15-43-24-6-8-26-21(17-24)3-7-27-28(26)37-31(36)38-29(27)40-12-10-39(11-13-40)14-16-44-25-18-22(19-25)30(41)42/h1-2,4-6,8,17,22,25H,3,7,9-16,18-19H2,(H,41,42)(H2,36,37,38). The molecule has 2 aromatic carbocycles. The van der Waals surface area contributed by atoms with Gasteiger partial charge in [0.05, 0.1) is 30.9 Å². The number of fused-ring (bicyclic) bond motifs is 3. The number of aromatic nitrogens is 2.